The van der Waals surface area contributed by atoms with Crippen LogP contribution in [-0.4, -0.2) is 9.97 Å². The molecule has 0 N–H and O–H groups in total. The van der Waals surface area contributed by atoms with Crippen LogP contribution >= 0.6 is 0 Å². The Morgan fingerprint density at radius 3 is 1.66 bits per heavy atom. The maximum atomic E-state index is 6.17. The maximum Gasteiger partial charge on any atom is 0.160 e. The number of nitrogens with zero attached hydrogens (tertiary/aromatic N) is 2. The Labute approximate surface area is 307 Å². The van der Waals surface area contributed by atoms with Gasteiger partial charge in [-0.2, -0.15) is 0 Å². The van der Waals surface area contributed by atoms with Crippen LogP contribution in [0, 0.1) is 0 Å². The third kappa shape index (κ3) is 5.75. The van der Waals surface area contributed by atoms with Crippen molar-refractivity contribution in [1.82, 2.24) is 9.97 Å². The molecule has 0 unspecified atom stereocenters. The highest BCUT2D eigenvalue weighted by atomic mass is 16.3. The average molecular weight is 677 g/mol. The van der Waals surface area contributed by atoms with Crippen molar-refractivity contribution in [3.8, 4) is 67.3 Å². The molecule has 0 aliphatic rings. The highest BCUT2D eigenvalue weighted by Crippen LogP contribution is 2.38. The van der Waals surface area contributed by atoms with Crippen LogP contribution in [0.5, 0.6) is 0 Å². The summed E-state index contributed by atoms with van der Waals surface area (Å²) in [6.45, 7) is 0. The quantitative estimate of drug-likeness (QED) is 0.176. The van der Waals surface area contributed by atoms with Crippen molar-refractivity contribution >= 4 is 32.7 Å². The van der Waals surface area contributed by atoms with Gasteiger partial charge in [-0.15, -0.1) is 0 Å². The van der Waals surface area contributed by atoms with E-state index in [0.29, 0.717) is 5.82 Å². The van der Waals surface area contributed by atoms with E-state index in [4.69, 9.17) is 14.4 Å². The summed E-state index contributed by atoms with van der Waals surface area (Å²) in [5.74, 6) is 0.689. The van der Waals surface area contributed by atoms with Crippen LogP contribution in [0.15, 0.2) is 199 Å². The van der Waals surface area contributed by atoms with Crippen molar-refractivity contribution in [2.24, 2.45) is 0 Å². The molecule has 0 saturated heterocycles. The fourth-order valence-corrected chi connectivity index (χ4v) is 7.40. The second-order valence-corrected chi connectivity index (χ2v) is 13.4. The minimum atomic E-state index is 0.689. The van der Waals surface area contributed by atoms with Gasteiger partial charge in [0.05, 0.1) is 11.4 Å². The molecule has 53 heavy (non-hydrogen) atoms. The topological polar surface area (TPSA) is 38.9 Å². The van der Waals surface area contributed by atoms with Crippen molar-refractivity contribution in [1.29, 1.82) is 0 Å². The minimum absolute atomic E-state index is 0.689. The van der Waals surface area contributed by atoms with E-state index in [0.717, 1.165) is 72.3 Å². The van der Waals surface area contributed by atoms with Gasteiger partial charge >= 0.3 is 0 Å². The van der Waals surface area contributed by atoms with Crippen molar-refractivity contribution in [3.05, 3.63) is 194 Å². The standard InChI is InChI=1S/C50H32N2O/c1-3-12-33(13-4-1)39-28-40(38-26-27-49-45(31-38)44-19-9-10-21-48(44)53-49)30-41(29-39)47-32-46(51-50(52-47)37-15-5-2-6-16-37)36-24-22-35(23-25-36)43-20-11-17-34-14-7-8-18-42(34)43/h1-32H. The lowest BCUT2D eigenvalue weighted by atomic mass is 9.93. The smallest absolute Gasteiger partial charge is 0.160 e. The van der Waals surface area contributed by atoms with E-state index in [2.05, 4.69) is 164 Å². The molecule has 8 aromatic carbocycles. The predicted octanol–water partition coefficient (Wildman–Crippen LogP) is 13.5. The van der Waals surface area contributed by atoms with E-state index in [-0.39, 0.29) is 0 Å². The van der Waals surface area contributed by atoms with E-state index < -0.39 is 0 Å². The molecule has 3 nitrogen and oxygen atoms in total. The van der Waals surface area contributed by atoms with Crippen molar-refractivity contribution in [2.75, 3.05) is 0 Å². The summed E-state index contributed by atoms with van der Waals surface area (Å²) >= 11 is 0. The van der Waals surface area contributed by atoms with Crippen LogP contribution in [0.25, 0.3) is 100.0 Å². The molecule has 0 spiro atoms. The Hall–Kier alpha value is -7.10. The zero-order chi connectivity index (χ0) is 35.1. The maximum absolute atomic E-state index is 6.17. The first-order chi connectivity index (χ1) is 26.2. The SMILES string of the molecule is c1ccc(-c2cc(-c3ccc4oc5ccccc5c4c3)cc(-c3cc(-c4ccc(-c5cccc6ccccc56)cc4)nc(-c4ccccc4)n3)c2)cc1. The Balaban J connectivity index is 1.13. The molecule has 0 fully saturated rings. The number of fused-ring (bicyclic) bond motifs is 4. The normalized spacial score (nSPS) is 11.4. The fraction of sp³-hybridized carbons (Fsp3) is 0. The summed E-state index contributed by atoms with van der Waals surface area (Å²) in [4.78, 5) is 10.4. The monoisotopic (exact) mass is 676 g/mol. The third-order valence-electron chi connectivity index (χ3n) is 10.1. The van der Waals surface area contributed by atoms with Crippen LogP contribution in [0.1, 0.15) is 0 Å². The van der Waals surface area contributed by atoms with Crippen LogP contribution in [0.4, 0.5) is 0 Å². The number of furan rings is 1. The largest absolute Gasteiger partial charge is 0.456 e. The lowest BCUT2D eigenvalue weighted by Crippen LogP contribution is -1.96. The Morgan fingerprint density at radius 2 is 0.868 bits per heavy atom. The molecule has 0 atom stereocenters. The van der Waals surface area contributed by atoms with E-state index in [1.54, 1.807) is 0 Å². The molecule has 0 bridgehead atoms. The molecular formula is C50H32N2O. The zero-order valence-electron chi connectivity index (χ0n) is 28.8. The third-order valence-corrected chi connectivity index (χ3v) is 10.1. The number of para-hydroxylation sites is 1. The van der Waals surface area contributed by atoms with E-state index in [1.165, 1.54) is 21.9 Å². The van der Waals surface area contributed by atoms with Gasteiger partial charge in [0.15, 0.2) is 5.82 Å². The minimum Gasteiger partial charge on any atom is -0.456 e. The molecule has 10 aromatic rings. The fourth-order valence-electron chi connectivity index (χ4n) is 7.40. The van der Waals surface area contributed by atoms with E-state index >= 15 is 0 Å². The molecule has 2 aromatic heterocycles. The molecule has 2 heterocycles. The highest BCUT2D eigenvalue weighted by Gasteiger charge is 2.15. The average Bonchev–Trinajstić information content (AvgIpc) is 3.62. The van der Waals surface area contributed by atoms with Crippen molar-refractivity contribution in [2.45, 2.75) is 0 Å². The first-order valence-corrected chi connectivity index (χ1v) is 17.9. The Morgan fingerprint density at radius 1 is 0.302 bits per heavy atom. The van der Waals surface area contributed by atoms with Gasteiger partial charge in [0, 0.05) is 27.5 Å². The number of hydrogen-bond acceptors (Lipinski definition) is 3. The zero-order valence-corrected chi connectivity index (χ0v) is 28.8. The summed E-state index contributed by atoms with van der Waals surface area (Å²) < 4.78 is 6.17. The van der Waals surface area contributed by atoms with Crippen molar-refractivity contribution in [3.63, 3.8) is 0 Å². The number of hydrogen-bond donors (Lipinski definition) is 0. The lowest BCUT2D eigenvalue weighted by Gasteiger charge is -2.14. The first-order valence-electron chi connectivity index (χ1n) is 17.9. The van der Waals surface area contributed by atoms with Gasteiger partial charge < -0.3 is 4.42 Å². The van der Waals surface area contributed by atoms with Crippen LogP contribution in [0.3, 0.4) is 0 Å². The molecule has 3 heteroatoms. The van der Waals surface area contributed by atoms with E-state index in [1.807, 2.05) is 30.3 Å². The van der Waals surface area contributed by atoms with Gasteiger partial charge in [-0.3, -0.25) is 0 Å². The summed E-state index contributed by atoms with van der Waals surface area (Å²) in [7, 11) is 0. The molecule has 0 saturated carbocycles. The molecule has 0 aliphatic carbocycles. The second-order valence-electron chi connectivity index (χ2n) is 13.4. The van der Waals surface area contributed by atoms with Gasteiger partial charge in [0.1, 0.15) is 11.2 Å². The Bertz CT molecular complexity index is 2920. The highest BCUT2D eigenvalue weighted by molar-refractivity contribution is 6.06. The van der Waals surface area contributed by atoms with Gasteiger partial charge in [0.2, 0.25) is 0 Å². The summed E-state index contributed by atoms with van der Waals surface area (Å²) in [6.07, 6.45) is 0. The van der Waals surface area contributed by atoms with Gasteiger partial charge in [0.25, 0.3) is 0 Å². The second kappa shape index (κ2) is 12.9. The summed E-state index contributed by atoms with van der Waals surface area (Å²) in [6, 6.07) is 68.2. The predicted molar refractivity (Wildman–Crippen MR) is 219 cm³/mol. The van der Waals surface area contributed by atoms with Crippen molar-refractivity contribution < 1.29 is 4.42 Å². The number of benzene rings is 8. The molecule has 248 valence electrons. The molecule has 10 rings (SSSR count). The Kier molecular flexibility index (Phi) is 7.47. The van der Waals surface area contributed by atoms with Crippen LogP contribution in [-0.2, 0) is 0 Å². The van der Waals surface area contributed by atoms with Crippen LogP contribution in [0.2, 0.25) is 0 Å². The summed E-state index contributed by atoms with van der Waals surface area (Å²) in [5.41, 5.74) is 13.4. The first kappa shape index (κ1) is 30.7. The number of aromatic nitrogens is 2. The molecular weight excluding hydrogens is 645 g/mol. The van der Waals surface area contributed by atoms with E-state index in [9.17, 15) is 0 Å². The van der Waals surface area contributed by atoms with Gasteiger partial charge in [-0.25, -0.2) is 9.97 Å². The molecule has 0 amide bonds. The molecule has 0 radical (unpaired) electrons. The van der Waals surface area contributed by atoms with Crippen LogP contribution < -0.4 is 0 Å². The number of rotatable bonds is 6. The molecule has 0 aliphatic heterocycles. The lowest BCUT2D eigenvalue weighted by molar-refractivity contribution is 0.669. The van der Waals surface area contributed by atoms with Gasteiger partial charge in [-0.1, -0.05) is 152 Å². The summed E-state index contributed by atoms with van der Waals surface area (Å²) in [5, 5.41) is 4.69. The van der Waals surface area contributed by atoms with Gasteiger partial charge in [-0.05, 0) is 86.6 Å².